The Morgan fingerprint density at radius 1 is 1.30 bits per heavy atom. The molecule has 1 aromatic heterocycles. The maximum absolute atomic E-state index is 13.1. The average Bonchev–Trinajstić information content (AvgIpc) is 3.07. The molecule has 0 bridgehead atoms. The third kappa shape index (κ3) is 3.32. The molecule has 3 rings (SSSR count). The van der Waals surface area contributed by atoms with Gasteiger partial charge in [0.05, 0.1) is 25.2 Å². The predicted molar refractivity (Wildman–Crippen MR) is 73.2 cm³/mol. The summed E-state index contributed by atoms with van der Waals surface area (Å²) >= 11 is 0. The number of amides is 1. The molecule has 2 unspecified atom stereocenters. The van der Waals surface area contributed by atoms with Crippen molar-refractivity contribution in [1.82, 2.24) is 9.88 Å². The molecule has 0 spiro atoms. The minimum atomic E-state index is -4.27. The maximum Gasteiger partial charge on any atom is 0.391 e. The lowest BCUT2D eigenvalue weighted by Gasteiger charge is -2.38. The fourth-order valence-corrected chi connectivity index (χ4v) is 3.14. The zero-order chi connectivity index (χ0) is 16.4. The lowest BCUT2D eigenvalue weighted by Crippen LogP contribution is -2.41. The van der Waals surface area contributed by atoms with Gasteiger partial charge in [-0.1, -0.05) is 6.07 Å². The minimum Gasteiger partial charge on any atom is -0.345 e. The number of carbonyl (C=O) groups is 1. The predicted octanol–water partition coefficient (Wildman–Crippen LogP) is 2.60. The van der Waals surface area contributed by atoms with E-state index in [1.165, 1.54) is 4.90 Å². The molecule has 8 heteroatoms. The number of piperidine rings is 1. The van der Waals surface area contributed by atoms with Crippen LogP contribution in [0.4, 0.5) is 13.2 Å². The van der Waals surface area contributed by atoms with E-state index in [9.17, 15) is 18.0 Å². The van der Waals surface area contributed by atoms with Crippen LogP contribution in [0.2, 0.25) is 0 Å². The van der Waals surface area contributed by atoms with E-state index in [1.54, 1.807) is 18.3 Å². The number of halogens is 3. The summed E-state index contributed by atoms with van der Waals surface area (Å²) < 4.78 is 50.1. The van der Waals surface area contributed by atoms with Crippen molar-refractivity contribution in [3.8, 4) is 0 Å². The van der Waals surface area contributed by atoms with Crippen LogP contribution >= 0.6 is 0 Å². The van der Waals surface area contributed by atoms with Gasteiger partial charge in [0, 0.05) is 18.3 Å². The zero-order valence-corrected chi connectivity index (χ0v) is 12.3. The number of rotatable bonds is 3. The Balaban J connectivity index is 1.92. The van der Waals surface area contributed by atoms with Crippen LogP contribution in [-0.2, 0) is 14.3 Å². The van der Waals surface area contributed by atoms with E-state index in [0.29, 0.717) is 30.9 Å². The summed E-state index contributed by atoms with van der Waals surface area (Å²) in [5, 5.41) is 0. The molecule has 2 aliphatic heterocycles. The first kappa shape index (κ1) is 16.2. The van der Waals surface area contributed by atoms with Crippen LogP contribution < -0.4 is 0 Å². The van der Waals surface area contributed by atoms with Gasteiger partial charge in [-0.05, 0) is 18.9 Å². The number of pyridine rings is 1. The van der Waals surface area contributed by atoms with Gasteiger partial charge in [0.25, 0.3) is 0 Å². The van der Waals surface area contributed by atoms with Gasteiger partial charge in [0.2, 0.25) is 12.7 Å². The molecule has 0 aromatic carbocycles. The van der Waals surface area contributed by atoms with Gasteiger partial charge in [-0.15, -0.1) is 0 Å². The van der Waals surface area contributed by atoms with Gasteiger partial charge in [-0.3, -0.25) is 9.78 Å². The Morgan fingerprint density at radius 2 is 2.04 bits per heavy atom. The SMILES string of the molecule is O=CN1CCC(C(F)(F)F)CC1c1cccnc1C1OCCO1. The van der Waals surface area contributed by atoms with Crippen LogP contribution in [0.15, 0.2) is 18.3 Å². The first-order valence-corrected chi connectivity index (χ1v) is 7.46. The second-order valence-corrected chi connectivity index (χ2v) is 5.67. The number of carbonyl (C=O) groups excluding carboxylic acids is 1. The van der Waals surface area contributed by atoms with Gasteiger partial charge < -0.3 is 14.4 Å². The Kier molecular flexibility index (Phi) is 4.54. The molecule has 23 heavy (non-hydrogen) atoms. The molecule has 126 valence electrons. The molecule has 3 heterocycles. The second kappa shape index (κ2) is 6.45. The topological polar surface area (TPSA) is 51.7 Å². The summed E-state index contributed by atoms with van der Waals surface area (Å²) in [5.41, 5.74) is 1.00. The van der Waals surface area contributed by atoms with E-state index in [2.05, 4.69) is 4.98 Å². The number of likely N-dealkylation sites (tertiary alicyclic amines) is 1. The molecule has 1 aromatic rings. The molecule has 1 amide bonds. The highest BCUT2D eigenvalue weighted by atomic mass is 19.4. The summed E-state index contributed by atoms with van der Waals surface area (Å²) in [5.74, 6) is -1.43. The molecule has 0 N–H and O–H groups in total. The summed E-state index contributed by atoms with van der Waals surface area (Å²) in [7, 11) is 0. The zero-order valence-electron chi connectivity index (χ0n) is 12.3. The number of alkyl halides is 3. The number of hydrogen-bond acceptors (Lipinski definition) is 4. The van der Waals surface area contributed by atoms with Crippen molar-refractivity contribution in [3.63, 3.8) is 0 Å². The van der Waals surface area contributed by atoms with Crippen LogP contribution in [0, 0.1) is 5.92 Å². The third-order valence-electron chi connectivity index (χ3n) is 4.32. The van der Waals surface area contributed by atoms with Gasteiger partial charge >= 0.3 is 6.18 Å². The highest BCUT2D eigenvalue weighted by molar-refractivity contribution is 5.49. The highest BCUT2D eigenvalue weighted by Gasteiger charge is 2.45. The third-order valence-corrected chi connectivity index (χ3v) is 4.32. The molecule has 2 atom stereocenters. The molecule has 5 nitrogen and oxygen atoms in total. The fourth-order valence-electron chi connectivity index (χ4n) is 3.14. The number of ether oxygens (including phenoxy) is 2. The monoisotopic (exact) mass is 330 g/mol. The smallest absolute Gasteiger partial charge is 0.345 e. The van der Waals surface area contributed by atoms with Crippen molar-refractivity contribution in [2.75, 3.05) is 19.8 Å². The van der Waals surface area contributed by atoms with Crippen LogP contribution in [0.3, 0.4) is 0 Å². The van der Waals surface area contributed by atoms with Crippen LogP contribution in [-0.4, -0.2) is 42.2 Å². The Morgan fingerprint density at radius 3 is 2.70 bits per heavy atom. The van der Waals surface area contributed by atoms with E-state index < -0.39 is 24.4 Å². The van der Waals surface area contributed by atoms with Crippen molar-refractivity contribution in [1.29, 1.82) is 0 Å². The van der Waals surface area contributed by atoms with Gasteiger partial charge in [-0.2, -0.15) is 13.2 Å². The first-order valence-electron chi connectivity index (χ1n) is 7.46. The summed E-state index contributed by atoms with van der Waals surface area (Å²) in [6.45, 7) is 0.890. The van der Waals surface area contributed by atoms with Gasteiger partial charge in [0.1, 0.15) is 5.69 Å². The Labute approximate surface area is 131 Å². The Hall–Kier alpha value is -1.67. The molecular weight excluding hydrogens is 313 g/mol. The lowest BCUT2D eigenvalue weighted by molar-refractivity contribution is -0.190. The number of hydrogen-bond donors (Lipinski definition) is 0. The van der Waals surface area contributed by atoms with Gasteiger partial charge in [-0.25, -0.2) is 0 Å². The van der Waals surface area contributed by atoms with Crippen LogP contribution in [0.5, 0.6) is 0 Å². The van der Waals surface area contributed by atoms with Gasteiger partial charge in [0.15, 0.2) is 0 Å². The van der Waals surface area contributed by atoms with E-state index in [-0.39, 0.29) is 19.4 Å². The maximum atomic E-state index is 13.1. The van der Waals surface area contributed by atoms with E-state index in [4.69, 9.17) is 9.47 Å². The molecule has 2 saturated heterocycles. The highest BCUT2D eigenvalue weighted by Crippen LogP contribution is 2.43. The molecule has 2 fully saturated rings. The quantitative estimate of drug-likeness (QED) is 0.800. The lowest BCUT2D eigenvalue weighted by atomic mass is 9.86. The molecule has 2 aliphatic rings. The van der Waals surface area contributed by atoms with Crippen molar-refractivity contribution in [2.45, 2.75) is 31.3 Å². The summed E-state index contributed by atoms with van der Waals surface area (Å²) in [6, 6.07) is 2.66. The number of aromatic nitrogens is 1. The van der Waals surface area contributed by atoms with Crippen molar-refractivity contribution < 1.29 is 27.4 Å². The van der Waals surface area contributed by atoms with E-state index in [1.807, 2.05) is 0 Å². The molecule has 0 radical (unpaired) electrons. The van der Waals surface area contributed by atoms with E-state index >= 15 is 0 Å². The van der Waals surface area contributed by atoms with Crippen molar-refractivity contribution >= 4 is 6.41 Å². The Bertz CT molecular complexity index is 561. The van der Waals surface area contributed by atoms with Crippen molar-refractivity contribution in [3.05, 3.63) is 29.6 Å². The molecule has 0 saturated carbocycles. The van der Waals surface area contributed by atoms with E-state index in [0.717, 1.165) is 0 Å². The minimum absolute atomic E-state index is 0.0685. The van der Waals surface area contributed by atoms with Crippen molar-refractivity contribution in [2.24, 2.45) is 5.92 Å². The first-order chi connectivity index (χ1) is 11.0. The van der Waals surface area contributed by atoms with Crippen LogP contribution in [0.25, 0.3) is 0 Å². The largest absolute Gasteiger partial charge is 0.391 e. The van der Waals surface area contributed by atoms with Crippen LogP contribution in [0.1, 0.15) is 36.4 Å². The molecule has 0 aliphatic carbocycles. The summed E-state index contributed by atoms with van der Waals surface area (Å²) in [6.07, 6.45) is -3.07. The standard InChI is InChI=1S/C15H17F3N2O3/c16-15(17,18)10-3-5-20(9-21)12(8-10)11-2-1-4-19-13(11)14-22-6-7-23-14/h1-2,4,9-10,12,14H,3,5-8H2. The summed E-state index contributed by atoms with van der Waals surface area (Å²) in [4.78, 5) is 16.9. The fraction of sp³-hybridized carbons (Fsp3) is 0.600. The second-order valence-electron chi connectivity index (χ2n) is 5.67. The number of nitrogens with zero attached hydrogens (tertiary/aromatic N) is 2. The molecular formula is C15H17F3N2O3. The normalized spacial score (nSPS) is 26.5. The average molecular weight is 330 g/mol.